The van der Waals surface area contributed by atoms with Gasteiger partial charge in [0.05, 0.1) is 25.7 Å². The average Bonchev–Trinajstić information content (AvgIpc) is 3.27. The predicted molar refractivity (Wildman–Crippen MR) is 130 cm³/mol. The SMILES string of the molecule is COc1ccc(-n2c(SCC(=O)Nc3ccccc3OC)nnc2-c2cccc(C)c2)cc1. The number of carbonyl (C=O) groups excluding carboxylic acids is 1. The third kappa shape index (κ3) is 5.18. The van der Waals surface area contributed by atoms with Gasteiger partial charge in [-0.3, -0.25) is 9.36 Å². The molecule has 0 saturated heterocycles. The van der Waals surface area contributed by atoms with Crippen LogP contribution in [0.15, 0.2) is 78.0 Å². The number of nitrogens with zero attached hydrogens (tertiary/aromatic N) is 3. The second-order valence-corrected chi connectivity index (χ2v) is 8.19. The van der Waals surface area contributed by atoms with Gasteiger partial charge in [-0.1, -0.05) is 47.7 Å². The van der Waals surface area contributed by atoms with E-state index in [1.165, 1.54) is 11.8 Å². The number of para-hydroxylation sites is 2. The van der Waals surface area contributed by atoms with Crippen LogP contribution >= 0.6 is 11.8 Å². The van der Waals surface area contributed by atoms with Gasteiger partial charge in [0.25, 0.3) is 0 Å². The topological polar surface area (TPSA) is 78.3 Å². The molecule has 0 aliphatic carbocycles. The van der Waals surface area contributed by atoms with Gasteiger partial charge in [0.1, 0.15) is 11.5 Å². The van der Waals surface area contributed by atoms with Crippen LogP contribution < -0.4 is 14.8 Å². The quantitative estimate of drug-likeness (QED) is 0.373. The van der Waals surface area contributed by atoms with Crippen molar-refractivity contribution in [2.45, 2.75) is 12.1 Å². The molecule has 0 fully saturated rings. The van der Waals surface area contributed by atoms with Crippen LogP contribution in [0.5, 0.6) is 11.5 Å². The molecule has 0 atom stereocenters. The maximum absolute atomic E-state index is 12.6. The molecular formula is C25H24N4O3S. The molecule has 1 N–H and O–H groups in total. The maximum Gasteiger partial charge on any atom is 0.234 e. The molecule has 1 aromatic heterocycles. The molecule has 4 aromatic rings. The molecular weight excluding hydrogens is 436 g/mol. The lowest BCUT2D eigenvalue weighted by Crippen LogP contribution is -2.15. The standard InChI is InChI=1S/C25H24N4O3S/c1-17-7-6-8-18(15-17)24-27-28-25(29(24)19-11-13-20(31-2)14-12-19)33-16-23(30)26-21-9-4-5-10-22(21)32-3/h4-15H,16H2,1-3H3,(H,26,30). The lowest BCUT2D eigenvalue weighted by atomic mass is 10.1. The Morgan fingerprint density at radius 3 is 2.48 bits per heavy atom. The summed E-state index contributed by atoms with van der Waals surface area (Å²) in [6.07, 6.45) is 0. The summed E-state index contributed by atoms with van der Waals surface area (Å²) in [5, 5.41) is 12.3. The number of benzene rings is 3. The number of amides is 1. The van der Waals surface area contributed by atoms with E-state index in [2.05, 4.69) is 21.6 Å². The monoisotopic (exact) mass is 460 g/mol. The molecule has 0 bridgehead atoms. The molecule has 168 valence electrons. The van der Waals surface area contributed by atoms with Crippen molar-refractivity contribution >= 4 is 23.4 Å². The number of anilines is 1. The molecule has 4 rings (SSSR count). The second-order valence-electron chi connectivity index (χ2n) is 7.25. The van der Waals surface area contributed by atoms with Gasteiger partial charge in [-0.2, -0.15) is 0 Å². The minimum absolute atomic E-state index is 0.161. The molecule has 0 spiro atoms. The Balaban J connectivity index is 1.61. The number of aromatic nitrogens is 3. The van der Waals surface area contributed by atoms with Crippen LogP contribution in [0.2, 0.25) is 0 Å². The van der Waals surface area contributed by atoms with Crippen LogP contribution in [0.25, 0.3) is 17.1 Å². The van der Waals surface area contributed by atoms with Crippen LogP contribution in [-0.2, 0) is 4.79 Å². The van der Waals surface area contributed by atoms with E-state index in [1.54, 1.807) is 26.4 Å². The van der Waals surface area contributed by atoms with Crippen molar-refractivity contribution in [2.24, 2.45) is 0 Å². The fourth-order valence-corrected chi connectivity index (χ4v) is 4.11. The number of ether oxygens (including phenoxy) is 2. The summed E-state index contributed by atoms with van der Waals surface area (Å²) < 4.78 is 12.6. The van der Waals surface area contributed by atoms with E-state index in [0.29, 0.717) is 22.4 Å². The number of aryl methyl sites for hydroxylation is 1. The van der Waals surface area contributed by atoms with Crippen LogP contribution in [0.1, 0.15) is 5.56 Å². The van der Waals surface area contributed by atoms with Gasteiger partial charge < -0.3 is 14.8 Å². The fourth-order valence-electron chi connectivity index (χ4n) is 3.36. The first kappa shape index (κ1) is 22.4. The first-order valence-electron chi connectivity index (χ1n) is 10.3. The minimum Gasteiger partial charge on any atom is -0.497 e. The molecule has 1 heterocycles. The second kappa shape index (κ2) is 10.2. The zero-order chi connectivity index (χ0) is 23.2. The lowest BCUT2D eigenvalue weighted by molar-refractivity contribution is -0.113. The van der Waals surface area contributed by atoms with Gasteiger partial charge in [0.2, 0.25) is 5.91 Å². The van der Waals surface area contributed by atoms with E-state index in [9.17, 15) is 4.79 Å². The summed E-state index contributed by atoms with van der Waals surface area (Å²) in [5.74, 6) is 2.08. The number of hydrogen-bond donors (Lipinski definition) is 1. The van der Waals surface area contributed by atoms with Crippen molar-refractivity contribution in [1.82, 2.24) is 14.8 Å². The smallest absolute Gasteiger partial charge is 0.234 e. The highest BCUT2D eigenvalue weighted by molar-refractivity contribution is 7.99. The Kier molecular flexibility index (Phi) is 6.95. The van der Waals surface area contributed by atoms with Crippen LogP contribution in [0, 0.1) is 6.92 Å². The van der Waals surface area contributed by atoms with Gasteiger partial charge in [-0.25, -0.2) is 0 Å². The molecule has 33 heavy (non-hydrogen) atoms. The molecule has 0 radical (unpaired) electrons. The zero-order valence-electron chi connectivity index (χ0n) is 18.6. The molecule has 0 unspecified atom stereocenters. The van der Waals surface area contributed by atoms with Crippen LogP contribution in [0.4, 0.5) is 5.69 Å². The molecule has 0 aliphatic rings. The van der Waals surface area contributed by atoms with E-state index in [0.717, 1.165) is 22.6 Å². The predicted octanol–water partition coefficient (Wildman–Crippen LogP) is 4.99. The van der Waals surface area contributed by atoms with Gasteiger partial charge in [0, 0.05) is 11.3 Å². The largest absolute Gasteiger partial charge is 0.497 e. The molecule has 0 aliphatic heterocycles. The first-order valence-corrected chi connectivity index (χ1v) is 11.3. The Morgan fingerprint density at radius 1 is 0.970 bits per heavy atom. The maximum atomic E-state index is 12.6. The Hall–Kier alpha value is -3.78. The summed E-state index contributed by atoms with van der Waals surface area (Å²) in [6, 6.07) is 23.1. The first-order chi connectivity index (χ1) is 16.1. The summed E-state index contributed by atoms with van der Waals surface area (Å²) in [4.78, 5) is 12.6. The van der Waals surface area contributed by atoms with Gasteiger partial charge in [-0.05, 0) is 49.4 Å². The summed E-state index contributed by atoms with van der Waals surface area (Å²) in [6.45, 7) is 2.04. The normalized spacial score (nSPS) is 10.6. The third-order valence-electron chi connectivity index (χ3n) is 4.95. The van der Waals surface area contributed by atoms with Gasteiger partial charge >= 0.3 is 0 Å². The van der Waals surface area contributed by atoms with Crippen molar-refractivity contribution in [1.29, 1.82) is 0 Å². The molecule has 7 nitrogen and oxygen atoms in total. The number of rotatable bonds is 8. The van der Waals surface area contributed by atoms with Gasteiger partial charge in [0.15, 0.2) is 11.0 Å². The Labute approximate surface area is 196 Å². The number of hydrogen-bond acceptors (Lipinski definition) is 6. The number of carbonyl (C=O) groups is 1. The Morgan fingerprint density at radius 2 is 1.76 bits per heavy atom. The highest BCUT2D eigenvalue weighted by Crippen LogP contribution is 2.30. The van der Waals surface area contributed by atoms with E-state index >= 15 is 0 Å². The highest BCUT2D eigenvalue weighted by Gasteiger charge is 2.18. The average molecular weight is 461 g/mol. The fraction of sp³-hybridized carbons (Fsp3) is 0.160. The van der Waals surface area contributed by atoms with Crippen molar-refractivity contribution in [3.63, 3.8) is 0 Å². The number of nitrogens with one attached hydrogen (secondary N) is 1. The molecule has 0 saturated carbocycles. The number of methoxy groups -OCH3 is 2. The van der Waals surface area contributed by atoms with Crippen LogP contribution in [0.3, 0.4) is 0 Å². The number of thioether (sulfide) groups is 1. The summed E-state index contributed by atoms with van der Waals surface area (Å²) in [7, 11) is 3.21. The van der Waals surface area contributed by atoms with E-state index in [1.807, 2.05) is 66.1 Å². The molecule has 3 aromatic carbocycles. The third-order valence-corrected chi connectivity index (χ3v) is 5.88. The van der Waals surface area contributed by atoms with E-state index in [4.69, 9.17) is 9.47 Å². The Bertz CT molecular complexity index is 1250. The molecule has 8 heteroatoms. The van der Waals surface area contributed by atoms with Crippen molar-refractivity contribution in [2.75, 3.05) is 25.3 Å². The summed E-state index contributed by atoms with van der Waals surface area (Å²) in [5.41, 5.74) is 3.58. The minimum atomic E-state index is -0.161. The lowest BCUT2D eigenvalue weighted by Gasteiger charge is -2.12. The van der Waals surface area contributed by atoms with Crippen molar-refractivity contribution in [3.8, 4) is 28.6 Å². The van der Waals surface area contributed by atoms with E-state index < -0.39 is 0 Å². The van der Waals surface area contributed by atoms with E-state index in [-0.39, 0.29) is 11.7 Å². The van der Waals surface area contributed by atoms with Crippen LogP contribution in [-0.4, -0.2) is 40.6 Å². The zero-order valence-corrected chi connectivity index (χ0v) is 19.4. The molecule has 1 amide bonds. The summed E-state index contributed by atoms with van der Waals surface area (Å²) >= 11 is 1.32. The highest BCUT2D eigenvalue weighted by atomic mass is 32.2. The van der Waals surface area contributed by atoms with Gasteiger partial charge in [-0.15, -0.1) is 10.2 Å². The van der Waals surface area contributed by atoms with Crippen molar-refractivity contribution < 1.29 is 14.3 Å². The van der Waals surface area contributed by atoms with Crippen molar-refractivity contribution in [3.05, 3.63) is 78.4 Å².